The van der Waals surface area contributed by atoms with Gasteiger partial charge in [-0.1, -0.05) is 13.0 Å². The van der Waals surface area contributed by atoms with Crippen molar-refractivity contribution in [2.45, 2.75) is 32.7 Å². The van der Waals surface area contributed by atoms with Crippen LogP contribution in [0, 0.1) is 0 Å². The van der Waals surface area contributed by atoms with Crippen LogP contribution in [0.2, 0.25) is 0 Å². The van der Waals surface area contributed by atoms with Gasteiger partial charge in [0.1, 0.15) is 5.75 Å². The predicted octanol–water partition coefficient (Wildman–Crippen LogP) is 2.32. The summed E-state index contributed by atoms with van der Waals surface area (Å²) in [5, 5.41) is 9.31. The zero-order valence-corrected chi connectivity index (χ0v) is 12.1. The molecule has 4 nitrogen and oxygen atoms in total. The minimum absolute atomic E-state index is 0.0821. The zero-order valence-electron chi connectivity index (χ0n) is 12.1. The van der Waals surface area contributed by atoms with E-state index in [1.165, 1.54) is 0 Å². The molecule has 0 aliphatic heterocycles. The van der Waals surface area contributed by atoms with E-state index >= 15 is 0 Å². The van der Waals surface area contributed by atoms with Gasteiger partial charge in [0, 0.05) is 12.6 Å². The fourth-order valence-corrected chi connectivity index (χ4v) is 1.51. The van der Waals surface area contributed by atoms with E-state index in [0.29, 0.717) is 17.9 Å². The van der Waals surface area contributed by atoms with Crippen molar-refractivity contribution in [3.05, 3.63) is 29.8 Å². The smallest absolute Gasteiger partial charge is 0.254 e. The van der Waals surface area contributed by atoms with Crippen LogP contribution in [0.15, 0.2) is 24.3 Å². The van der Waals surface area contributed by atoms with Gasteiger partial charge in [-0.2, -0.15) is 0 Å². The van der Waals surface area contributed by atoms with Crippen LogP contribution in [-0.2, 0) is 0 Å². The number of amides is 1. The summed E-state index contributed by atoms with van der Waals surface area (Å²) in [4.78, 5) is 13.9. The van der Waals surface area contributed by atoms with Crippen LogP contribution >= 0.6 is 0 Å². The van der Waals surface area contributed by atoms with Crippen molar-refractivity contribution in [2.75, 3.05) is 20.3 Å². The highest BCUT2D eigenvalue weighted by Crippen LogP contribution is 2.19. The lowest BCUT2D eigenvalue weighted by atomic mass is 10.0. The van der Waals surface area contributed by atoms with Gasteiger partial charge in [-0.05, 0) is 38.5 Å². The Morgan fingerprint density at radius 1 is 1.42 bits per heavy atom. The Balaban J connectivity index is 2.88. The standard InChI is InChI=1S/C15H23NO3/c1-5-9-19-13-8-6-7-12(10-13)14(18)16(4)15(2,3)11-17/h6-8,10,17H,5,9,11H2,1-4H3. The summed E-state index contributed by atoms with van der Waals surface area (Å²) >= 11 is 0. The van der Waals surface area contributed by atoms with Gasteiger partial charge in [0.2, 0.25) is 0 Å². The van der Waals surface area contributed by atoms with Crippen molar-refractivity contribution < 1.29 is 14.6 Å². The highest BCUT2D eigenvalue weighted by Gasteiger charge is 2.27. The molecule has 0 bridgehead atoms. The second-order valence-electron chi connectivity index (χ2n) is 5.21. The Labute approximate surface area is 115 Å². The Kier molecular flexibility index (Phi) is 5.36. The van der Waals surface area contributed by atoms with Gasteiger partial charge in [0.05, 0.1) is 18.8 Å². The molecule has 0 aliphatic rings. The summed E-state index contributed by atoms with van der Waals surface area (Å²) < 4.78 is 5.52. The summed E-state index contributed by atoms with van der Waals surface area (Å²) in [5.41, 5.74) is -0.0187. The highest BCUT2D eigenvalue weighted by atomic mass is 16.5. The minimum atomic E-state index is -0.586. The summed E-state index contributed by atoms with van der Waals surface area (Å²) in [7, 11) is 1.69. The first-order valence-corrected chi connectivity index (χ1v) is 6.54. The number of hydrogen-bond acceptors (Lipinski definition) is 3. The summed E-state index contributed by atoms with van der Waals surface area (Å²) in [6.45, 7) is 6.23. The largest absolute Gasteiger partial charge is 0.494 e. The number of rotatable bonds is 6. The van der Waals surface area contributed by atoms with Gasteiger partial charge in [-0.3, -0.25) is 4.79 Å². The van der Waals surface area contributed by atoms with Crippen LogP contribution in [0.25, 0.3) is 0 Å². The number of aliphatic hydroxyl groups is 1. The van der Waals surface area contributed by atoms with Crippen LogP contribution in [0.4, 0.5) is 0 Å². The predicted molar refractivity (Wildman–Crippen MR) is 75.5 cm³/mol. The lowest BCUT2D eigenvalue weighted by Gasteiger charge is -2.34. The van der Waals surface area contributed by atoms with E-state index in [0.717, 1.165) is 6.42 Å². The van der Waals surface area contributed by atoms with Gasteiger partial charge in [-0.15, -0.1) is 0 Å². The minimum Gasteiger partial charge on any atom is -0.494 e. The van der Waals surface area contributed by atoms with Crippen molar-refractivity contribution in [3.63, 3.8) is 0 Å². The average molecular weight is 265 g/mol. The molecule has 0 unspecified atom stereocenters. The third kappa shape index (κ3) is 3.96. The van der Waals surface area contributed by atoms with E-state index in [1.807, 2.05) is 26.8 Å². The van der Waals surface area contributed by atoms with Crippen molar-refractivity contribution in [1.29, 1.82) is 0 Å². The van der Waals surface area contributed by atoms with E-state index in [2.05, 4.69) is 0 Å². The molecule has 1 aromatic carbocycles. The second kappa shape index (κ2) is 6.57. The van der Waals surface area contributed by atoms with E-state index in [9.17, 15) is 9.90 Å². The van der Waals surface area contributed by atoms with Gasteiger partial charge in [-0.25, -0.2) is 0 Å². The van der Waals surface area contributed by atoms with Crippen molar-refractivity contribution in [1.82, 2.24) is 4.90 Å². The van der Waals surface area contributed by atoms with E-state index in [4.69, 9.17) is 4.74 Å². The number of nitrogens with zero attached hydrogens (tertiary/aromatic N) is 1. The number of carbonyl (C=O) groups excluding carboxylic acids is 1. The lowest BCUT2D eigenvalue weighted by molar-refractivity contribution is 0.0473. The average Bonchev–Trinajstić information content (AvgIpc) is 2.43. The molecule has 0 aliphatic carbocycles. The molecule has 0 fully saturated rings. The van der Waals surface area contributed by atoms with Crippen LogP contribution in [-0.4, -0.2) is 41.7 Å². The first kappa shape index (κ1) is 15.5. The maximum atomic E-state index is 12.3. The molecule has 4 heteroatoms. The number of aliphatic hydroxyl groups excluding tert-OH is 1. The molecule has 0 radical (unpaired) electrons. The molecular formula is C15H23NO3. The topological polar surface area (TPSA) is 49.8 Å². The Hall–Kier alpha value is -1.55. The van der Waals surface area contributed by atoms with Crippen molar-refractivity contribution >= 4 is 5.91 Å². The second-order valence-corrected chi connectivity index (χ2v) is 5.21. The van der Waals surface area contributed by atoms with E-state index in [-0.39, 0.29) is 12.5 Å². The quantitative estimate of drug-likeness (QED) is 0.858. The normalized spacial score (nSPS) is 11.2. The molecule has 1 amide bonds. The maximum absolute atomic E-state index is 12.3. The number of carbonyl (C=O) groups is 1. The Morgan fingerprint density at radius 2 is 2.11 bits per heavy atom. The number of likely N-dealkylation sites (N-methyl/N-ethyl adjacent to an activating group) is 1. The molecule has 0 atom stereocenters. The van der Waals surface area contributed by atoms with Gasteiger partial charge in [0.25, 0.3) is 5.91 Å². The molecule has 106 valence electrons. The molecule has 0 spiro atoms. The molecule has 0 saturated heterocycles. The summed E-state index contributed by atoms with van der Waals surface area (Å²) in [5.74, 6) is 0.573. The first-order valence-electron chi connectivity index (χ1n) is 6.54. The maximum Gasteiger partial charge on any atom is 0.254 e. The zero-order chi connectivity index (χ0) is 14.5. The fourth-order valence-electron chi connectivity index (χ4n) is 1.51. The highest BCUT2D eigenvalue weighted by molar-refractivity contribution is 5.94. The van der Waals surface area contributed by atoms with E-state index in [1.54, 1.807) is 30.1 Å². The van der Waals surface area contributed by atoms with Crippen LogP contribution in [0.5, 0.6) is 5.75 Å². The molecule has 1 aromatic rings. The van der Waals surface area contributed by atoms with Gasteiger partial charge >= 0.3 is 0 Å². The van der Waals surface area contributed by atoms with Gasteiger partial charge < -0.3 is 14.7 Å². The monoisotopic (exact) mass is 265 g/mol. The molecule has 0 heterocycles. The van der Waals surface area contributed by atoms with Crippen molar-refractivity contribution in [3.8, 4) is 5.75 Å². The molecule has 1 N–H and O–H groups in total. The molecular weight excluding hydrogens is 242 g/mol. The SMILES string of the molecule is CCCOc1cccc(C(=O)N(C)C(C)(C)CO)c1. The van der Waals surface area contributed by atoms with Gasteiger partial charge in [0.15, 0.2) is 0 Å². The fraction of sp³-hybridized carbons (Fsp3) is 0.533. The molecule has 19 heavy (non-hydrogen) atoms. The molecule has 0 aromatic heterocycles. The first-order chi connectivity index (χ1) is 8.92. The lowest BCUT2D eigenvalue weighted by Crippen LogP contribution is -2.47. The third-order valence-electron chi connectivity index (χ3n) is 3.15. The number of benzene rings is 1. The third-order valence-corrected chi connectivity index (χ3v) is 3.15. The Morgan fingerprint density at radius 3 is 2.68 bits per heavy atom. The van der Waals surface area contributed by atoms with Crippen LogP contribution < -0.4 is 4.74 Å². The van der Waals surface area contributed by atoms with Crippen molar-refractivity contribution in [2.24, 2.45) is 0 Å². The number of ether oxygens (including phenoxy) is 1. The summed E-state index contributed by atoms with van der Waals surface area (Å²) in [6.07, 6.45) is 0.926. The molecule has 0 saturated carbocycles. The summed E-state index contributed by atoms with van der Waals surface area (Å²) in [6, 6.07) is 7.13. The van der Waals surface area contributed by atoms with E-state index < -0.39 is 5.54 Å². The molecule has 1 rings (SSSR count). The Bertz CT molecular complexity index is 429. The van der Waals surface area contributed by atoms with Crippen LogP contribution in [0.3, 0.4) is 0 Å². The number of hydrogen-bond donors (Lipinski definition) is 1. The van der Waals surface area contributed by atoms with Crippen LogP contribution in [0.1, 0.15) is 37.6 Å².